The van der Waals surface area contributed by atoms with E-state index in [1.54, 1.807) is 0 Å². The van der Waals surface area contributed by atoms with Crippen molar-refractivity contribution in [3.63, 3.8) is 0 Å². The van der Waals surface area contributed by atoms with Crippen LogP contribution in [0, 0.1) is 6.92 Å². The van der Waals surface area contributed by atoms with Crippen molar-refractivity contribution in [3.8, 4) is 0 Å². The number of pyridine rings is 1. The van der Waals surface area contributed by atoms with Crippen LogP contribution in [-0.4, -0.2) is 11.0 Å². The zero-order valence-electron chi connectivity index (χ0n) is 6.89. The van der Waals surface area contributed by atoms with E-state index in [9.17, 15) is 0 Å². The first-order valence-corrected chi connectivity index (χ1v) is 3.98. The number of hydrogen-bond acceptors (Lipinski definition) is 2. The number of anilines is 1. The molecule has 2 nitrogen and oxygen atoms in total. The van der Waals surface area contributed by atoms with Crippen molar-refractivity contribution in [2.75, 3.05) is 5.32 Å². The Kier molecular flexibility index (Phi) is 1.34. The third kappa shape index (κ3) is 1.09. The third-order valence-corrected chi connectivity index (χ3v) is 2.01. The molecule has 1 aliphatic heterocycles. The Morgan fingerprint density at radius 1 is 1.64 bits per heavy atom. The van der Waals surface area contributed by atoms with Crippen LogP contribution in [0.2, 0.25) is 0 Å². The molecule has 0 spiro atoms. The topological polar surface area (TPSA) is 24.9 Å². The minimum absolute atomic E-state index is 0.555. The van der Waals surface area contributed by atoms with E-state index >= 15 is 0 Å². The maximum absolute atomic E-state index is 4.30. The van der Waals surface area contributed by atoms with Crippen LogP contribution < -0.4 is 5.32 Å². The predicted molar refractivity (Wildman–Crippen MR) is 45.8 cm³/mol. The first kappa shape index (κ1) is 6.65. The summed E-state index contributed by atoms with van der Waals surface area (Å²) in [6.45, 7) is 4.26. The minimum atomic E-state index is 0.555. The monoisotopic (exact) mass is 148 g/mol. The van der Waals surface area contributed by atoms with Crippen LogP contribution in [0.15, 0.2) is 12.3 Å². The van der Waals surface area contributed by atoms with Gasteiger partial charge in [-0.15, -0.1) is 0 Å². The number of fused-ring (bicyclic) bond motifs is 1. The van der Waals surface area contributed by atoms with Crippen LogP contribution >= 0.6 is 0 Å². The van der Waals surface area contributed by atoms with Gasteiger partial charge < -0.3 is 5.32 Å². The van der Waals surface area contributed by atoms with Gasteiger partial charge in [0.1, 0.15) is 5.82 Å². The molecule has 0 bridgehead atoms. The van der Waals surface area contributed by atoms with E-state index in [0.29, 0.717) is 6.04 Å². The number of aromatic nitrogens is 1. The normalized spacial score (nSPS) is 21.1. The van der Waals surface area contributed by atoms with E-state index in [1.807, 2.05) is 6.20 Å². The van der Waals surface area contributed by atoms with Crippen LogP contribution in [0.25, 0.3) is 0 Å². The lowest BCUT2D eigenvalue weighted by Crippen LogP contribution is -2.08. The van der Waals surface area contributed by atoms with Gasteiger partial charge in [-0.25, -0.2) is 4.98 Å². The largest absolute Gasteiger partial charge is 0.367 e. The van der Waals surface area contributed by atoms with Crippen molar-refractivity contribution in [1.82, 2.24) is 4.98 Å². The molecule has 0 fully saturated rings. The number of rotatable bonds is 0. The first-order valence-electron chi connectivity index (χ1n) is 3.98. The highest BCUT2D eigenvalue weighted by atomic mass is 15.0. The molecule has 1 aliphatic rings. The molecule has 1 unspecified atom stereocenters. The average molecular weight is 148 g/mol. The molecule has 11 heavy (non-hydrogen) atoms. The second-order valence-corrected chi connectivity index (χ2v) is 3.27. The zero-order chi connectivity index (χ0) is 7.84. The molecule has 1 atom stereocenters. The summed E-state index contributed by atoms with van der Waals surface area (Å²) in [6.07, 6.45) is 3.02. The molecule has 0 radical (unpaired) electrons. The molecule has 0 saturated carbocycles. The zero-order valence-corrected chi connectivity index (χ0v) is 6.89. The summed E-state index contributed by atoms with van der Waals surface area (Å²) in [5.74, 6) is 1.07. The van der Waals surface area contributed by atoms with E-state index in [1.165, 1.54) is 11.1 Å². The van der Waals surface area contributed by atoms with Gasteiger partial charge in [-0.3, -0.25) is 0 Å². The van der Waals surface area contributed by atoms with Crippen LogP contribution in [0.5, 0.6) is 0 Å². The highest BCUT2D eigenvalue weighted by molar-refractivity contribution is 5.51. The molecule has 0 amide bonds. The fourth-order valence-corrected chi connectivity index (χ4v) is 1.53. The maximum Gasteiger partial charge on any atom is 0.129 e. The Labute approximate surface area is 66.7 Å². The second-order valence-electron chi connectivity index (χ2n) is 3.27. The van der Waals surface area contributed by atoms with Crippen LogP contribution in [0.1, 0.15) is 18.1 Å². The van der Waals surface area contributed by atoms with Crippen molar-refractivity contribution in [2.24, 2.45) is 0 Å². The second kappa shape index (κ2) is 2.22. The maximum atomic E-state index is 4.30. The predicted octanol–water partition coefficient (Wildman–Crippen LogP) is 1.75. The van der Waals surface area contributed by atoms with Crippen LogP contribution in [0.3, 0.4) is 0 Å². The molecule has 0 saturated heterocycles. The Morgan fingerprint density at radius 2 is 2.45 bits per heavy atom. The van der Waals surface area contributed by atoms with Crippen LogP contribution in [0.4, 0.5) is 5.82 Å². The quantitative estimate of drug-likeness (QED) is 0.606. The van der Waals surface area contributed by atoms with Gasteiger partial charge in [0, 0.05) is 12.2 Å². The highest BCUT2D eigenvalue weighted by Crippen LogP contribution is 2.23. The summed E-state index contributed by atoms with van der Waals surface area (Å²) in [5, 5.41) is 3.31. The van der Waals surface area contributed by atoms with Gasteiger partial charge >= 0.3 is 0 Å². The molecule has 0 aliphatic carbocycles. The summed E-state index contributed by atoms with van der Waals surface area (Å²) in [5.41, 5.74) is 2.61. The minimum Gasteiger partial charge on any atom is -0.367 e. The smallest absolute Gasteiger partial charge is 0.129 e. The van der Waals surface area contributed by atoms with E-state index in [0.717, 1.165) is 12.2 Å². The SMILES string of the molecule is Cc1cnc2c(c1)CC(C)N2. The molecular formula is C9H12N2. The fraction of sp³-hybridized carbons (Fsp3) is 0.444. The molecule has 2 heterocycles. The average Bonchev–Trinajstić information content (AvgIpc) is 2.27. The van der Waals surface area contributed by atoms with Gasteiger partial charge in [-0.1, -0.05) is 6.07 Å². The number of nitrogens with zero attached hydrogens (tertiary/aromatic N) is 1. The number of aryl methyl sites for hydroxylation is 1. The summed E-state index contributed by atoms with van der Waals surface area (Å²) >= 11 is 0. The standard InChI is InChI=1S/C9H12N2/c1-6-3-8-4-7(2)11-9(8)10-5-6/h3,5,7H,4H2,1-2H3,(H,10,11). The van der Waals surface area contributed by atoms with Gasteiger partial charge in [0.15, 0.2) is 0 Å². The first-order chi connectivity index (χ1) is 5.25. The van der Waals surface area contributed by atoms with E-state index < -0.39 is 0 Å². The molecule has 2 heteroatoms. The van der Waals surface area contributed by atoms with Crippen molar-refractivity contribution >= 4 is 5.82 Å². The van der Waals surface area contributed by atoms with Gasteiger partial charge in [0.2, 0.25) is 0 Å². The van der Waals surface area contributed by atoms with E-state index in [2.05, 4.69) is 30.2 Å². The number of hydrogen-bond donors (Lipinski definition) is 1. The van der Waals surface area contributed by atoms with Crippen molar-refractivity contribution in [2.45, 2.75) is 26.3 Å². The molecular weight excluding hydrogens is 136 g/mol. The summed E-state index contributed by atoms with van der Waals surface area (Å²) in [6, 6.07) is 2.76. The van der Waals surface area contributed by atoms with E-state index in [4.69, 9.17) is 0 Å². The molecule has 0 aromatic carbocycles. The highest BCUT2D eigenvalue weighted by Gasteiger charge is 2.16. The number of nitrogens with one attached hydrogen (secondary N) is 1. The van der Waals surface area contributed by atoms with E-state index in [-0.39, 0.29) is 0 Å². The van der Waals surface area contributed by atoms with Crippen molar-refractivity contribution < 1.29 is 0 Å². The van der Waals surface area contributed by atoms with Gasteiger partial charge in [-0.2, -0.15) is 0 Å². The Morgan fingerprint density at radius 3 is 3.27 bits per heavy atom. The summed E-state index contributed by atoms with van der Waals surface area (Å²) in [4.78, 5) is 4.30. The molecule has 1 N–H and O–H groups in total. The van der Waals surface area contributed by atoms with Gasteiger partial charge in [0.05, 0.1) is 0 Å². The lowest BCUT2D eigenvalue weighted by atomic mass is 10.1. The molecule has 1 aromatic heterocycles. The third-order valence-electron chi connectivity index (χ3n) is 2.01. The van der Waals surface area contributed by atoms with Gasteiger partial charge in [-0.05, 0) is 31.4 Å². The lowest BCUT2D eigenvalue weighted by molar-refractivity contribution is 0.838. The molecule has 2 rings (SSSR count). The lowest BCUT2D eigenvalue weighted by Gasteiger charge is -2.00. The van der Waals surface area contributed by atoms with Crippen LogP contribution in [-0.2, 0) is 6.42 Å². The summed E-state index contributed by atoms with van der Waals surface area (Å²) in [7, 11) is 0. The van der Waals surface area contributed by atoms with Crippen molar-refractivity contribution in [1.29, 1.82) is 0 Å². The van der Waals surface area contributed by atoms with Crippen molar-refractivity contribution in [3.05, 3.63) is 23.4 Å². The fourth-order valence-electron chi connectivity index (χ4n) is 1.53. The Hall–Kier alpha value is -1.05. The van der Waals surface area contributed by atoms with Gasteiger partial charge in [0.25, 0.3) is 0 Å². The Balaban J connectivity index is 2.43. The molecule has 58 valence electrons. The molecule has 1 aromatic rings. The summed E-state index contributed by atoms with van der Waals surface area (Å²) < 4.78 is 0. The Bertz CT molecular complexity index is 281.